The van der Waals surface area contributed by atoms with Crippen LogP contribution >= 0.6 is 27.3 Å². The van der Waals surface area contributed by atoms with Crippen LogP contribution in [0.2, 0.25) is 0 Å². The molecule has 0 aliphatic heterocycles. The van der Waals surface area contributed by atoms with E-state index in [1.165, 1.54) is 15.6 Å². The van der Waals surface area contributed by atoms with Crippen LogP contribution in [0.15, 0.2) is 38.6 Å². The molecule has 1 atom stereocenters. The molecule has 0 saturated carbocycles. The number of rotatable bonds is 4. The Morgan fingerprint density at radius 2 is 1.95 bits per heavy atom. The average molecular weight is 375 g/mol. The van der Waals surface area contributed by atoms with Gasteiger partial charge in [0.05, 0.1) is 3.79 Å². The zero-order valence-electron chi connectivity index (χ0n) is 11.4. The fourth-order valence-corrected chi connectivity index (χ4v) is 5.52. The van der Waals surface area contributed by atoms with Gasteiger partial charge in [-0.1, -0.05) is 0 Å². The van der Waals surface area contributed by atoms with E-state index in [1.54, 1.807) is 25.5 Å². The van der Waals surface area contributed by atoms with Crippen LogP contribution in [0.3, 0.4) is 0 Å². The van der Waals surface area contributed by atoms with E-state index in [-0.39, 0.29) is 6.04 Å². The molecule has 2 heterocycles. The maximum Gasteiger partial charge on any atom is 0.252 e. The minimum absolute atomic E-state index is 0.246. The average Bonchev–Trinajstić information content (AvgIpc) is 2.78. The molecule has 0 aromatic carbocycles. The molecule has 0 radical (unpaired) electrons. The Morgan fingerprint density at radius 1 is 1.35 bits per heavy atom. The van der Waals surface area contributed by atoms with Gasteiger partial charge in [0.2, 0.25) is 0 Å². The van der Waals surface area contributed by atoms with Crippen molar-refractivity contribution in [3.05, 3.63) is 45.5 Å². The molecule has 2 aromatic heterocycles. The number of halogens is 1. The van der Waals surface area contributed by atoms with Gasteiger partial charge < -0.3 is 0 Å². The summed E-state index contributed by atoms with van der Waals surface area (Å²) < 4.78 is 27.8. The van der Waals surface area contributed by atoms with Crippen LogP contribution in [0.1, 0.15) is 24.1 Å². The standard InChI is InChI=1S/C13H15BrN2O2S2/c1-9-8-12(19-13(9)14)20(17,18)16(3)10(2)11-4-6-15-7-5-11/h4-8,10H,1-3H3. The Morgan fingerprint density at radius 3 is 2.45 bits per heavy atom. The Labute approximate surface area is 131 Å². The highest BCUT2D eigenvalue weighted by molar-refractivity contribution is 9.11. The maximum atomic E-state index is 12.6. The summed E-state index contributed by atoms with van der Waals surface area (Å²) >= 11 is 4.60. The van der Waals surface area contributed by atoms with E-state index >= 15 is 0 Å². The predicted octanol–water partition coefficient (Wildman–Crippen LogP) is 3.60. The first-order valence-corrected chi connectivity index (χ1v) is 9.03. The summed E-state index contributed by atoms with van der Waals surface area (Å²) in [6.45, 7) is 3.74. The number of thiophene rings is 1. The van der Waals surface area contributed by atoms with E-state index in [1.807, 2.05) is 26.0 Å². The summed E-state index contributed by atoms with van der Waals surface area (Å²) in [5.41, 5.74) is 1.84. The van der Waals surface area contributed by atoms with Crippen LogP contribution in [0, 0.1) is 6.92 Å². The maximum absolute atomic E-state index is 12.6. The molecule has 1 unspecified atom stereocenters. The molecule has 0 amide bonds. The summed E-state index contributed by atoms with van der Waals surface area (Å²) in [6, 6.07) is 5.10. The zero-order chi connectivity index (χ0) is 14.9. The molecule has 0 N–H and O–H groups in total. The van der Waals surface area contributed by atoms with E-state index < -0.39 is 10.0 Å². The molecule has 2 aromatic rings. The largest absolute Gasteiger partial charge is 0.265 e. The SMILES string of the molecule is Cc1cc(S(=O)(=O)N(C)C(C)c2ccncc2)sc1Br. The fraction of sp³-hybridized carbons (Fsp3) is 0.308. The zero-order valence-corrected chi connectivity index (χ0v) is 14.6. The number of pyridine rings is 1. The highest BCUT2D eigenvalue weighted by atomic mass is 79.9. The lowest BCUT2D eigenvalue weighted by Crippen LogP contribution is -2.29. The molecular weight excluding hydrogens is 360 g/mol. The summed E-state index contributed by atoms with van der Waals surface area (Å²) in [5, 5.41) is 0. The molecule has 2 rings (SSSR count). The van der Waals surface area contributed by atoms with Crippen LogP contribution < -0.4 is 0 Å². The van der Waals surface area contributed by atoms with Gasteiger partial charge in [-0.05, 0) is 59.1 Å². The van der Waals surface area contributed by atoms with Gasteiger partial charge >= 0.3 is 0 Å². The first kappa shape index (κ1) is 15.6. The fourth-order valence-electron chi connectivity index (χ4n) is 1.76. The van der Waals surface area contributed by atoms with Crippen molar-refractivity contribution in [2.24, 2.45) is 0 Å². The Bertz CT molecular complexity index is 679. The van der Waals surface area contributed by atoms with Crippen LogP contribution in [0.4, 0.5) is 0 Å². The Hall–Kier alpha value is -0.760. The number of aromatic nitrogens is 1. The second kappa shape index (κ2) is 5.93. The lowest BCUT2D eigenvalue weighted by molar-refractivity contribution is 0.399. The van der Waals surface area contributed by atoms with Crippen molar-refractivity contribution in [1.29, 1.82) is 0 Å². The van der Waals surface area contributed by atoms with Crippen molar-refractivity contribution in [3.8, 4) is 0 Å². The van der Waals surface area contributed by atoms with Crippen LogP contribution in [-0.4, -0.2) is 24.8 Å². The molecule has 20 heavy (non-hydrogen) atoms. The number of nitrogens with zero attached hydrogens (tertiary/aromatic N) is 2. The molecule has 7 heteroatoms. The van der Waals surface area contributed by atoms with E-state index in [0.717, 1.165) is 14.9 Å². The van der Waals surface area contributed by atoms with Gasteiger partial charge in [0.25, 0.3) is 10.0 Å². The van der Waals surface area contributed by atoms with Crippen molar-refractivity contribution < 1.29 is 8.42 Å². The normalized spacial score (nSPS) is 13.7. The Balaban J connectivity index is 2.34. The number of hydrogen-bond acceptors (Lipinski definition) is 4. The summed E-state index contributed by atoms with van der Waals surface area (Å²) in [4.78, 5) is 3.95. The monoisotopic (exact) mass is 374 g/mol. The van der Waals surface area contributed by atoms with E-state index in [0.29, 0.717) is 4.21 Å². The lowest BCUT2D eigenvalue weighted by atomic mass is 10.1. The van der Waals surface area contributed by atoms with Crippen molar-refractivity contribution in [3.63, 3.8) is 0 Å². The second-order valence-electron chi connectivity index (χ2n) is 4.50. The summed E-state index contributed by atoms with van der Waals surface area (Å²) in [5.74, 6) is 0. The van der Waals surface area contributed by atoms with Gasteiger partial charge in [0, 0.05) is 25.5 Å². The number of hydrogen-bond donors (Lipinski definition) is 0. The van der Waals surface area contributed by atoms with Crippen LogP contribution in [0.5, 0.6) is 0 Å². The Kier molecular flexibility index (Phi) is 4.63. The molecule has 0 spiro atoms. The minimum Gasteiger partial charge on any atom is -0.265 e. The predicted molar refractivity (Wildman–Crippen MR) is 84.4 cm³/mol. The van der Waals surface area contributed by atoms with Crippen LogP contribution in [-0.2, 0) is 10.0 Å². The molecule has 0 fully saturated rings. The third-order valence-corrected chi connectivity index (χ3v) is 7.72. The minimum atomic E-state index is -3.49. The highest BCUT2D eigenvalue weighted by Gasteiger charge is 2.28. The number of aryl methyl sites for hydroxylation is 1. The quantitative estimate of drug-likeness (QED) is 0.821. The molecule has 4 nitrogen and oxygen atoms in total. The van der Waals surface area contributed by atoms with Gasteiger partial charge in [0.15, 0.2) is 0 Å². The van der Waals surface area contributed by atoms with Gasteiger partial charge in [-0.3, -0.25) is 4.98 Å². The smallest absolute Gasteiger partial charge is 0.252 e. The molecule has 0 bridgehead atoms. The molecule has 108 valence electrons. The molecule has 0 aliphatic rings. The first-order chi connectivity index (χ1) is 9.34. The molecule has 0 saturated heterocycles. The van der Waals surface area contributed by atoms with Gasteiger partial charge in [-0.25, -0.2) is 8.42 Å². The van der Waals surface area contributed by atoms with E-state index in [2.05, 4.69) is 20.9 Å². The third-order valence-electron chi connectivity index (χ3n) is 3.20. The second-order valence-corrected chi connectivity index (χ2v) is 9.09. The van der Waals surface area contributed by atoms with Gasteiger partial charge in [-0.15, -0.1) is 11.3 Å². The highest BCUT2D eigenvalue weighted by Crippen LogP contribution is 2.34. The van der Waals surface area contributed by atoms with Crippen molar-refractivity contribution in [1.82, 2.24) is 9.29 Å². The summed E-state index contributed by atoms with van der Waals surface area (Å²) in [7, 11) is -1.89. The van der Waals surface area contributed by atoms with Crippen molar-refractivity contribution in [2.75, 3.05) is 7.05 Å². The van der Waals surface area contributed by atoms with Crippen LogP contribution in [0.25, 0.3) is 0 Å². The lowest BCUT2D eigenvalue weighted by Gasteiger charge is -2.23. The summed E-state index contributed by atoms with van der Waals surface area (Å²) in [6.07, 6.45) is 3.33. The topological polar surface area (TPSA) is 50.3 Å². The molecule has 0 aliphatic carbocycles. The first-order valence-electron chi connectivity index (χ1n) is 5.98. The van der Waals surface area contributed by atoms with Gasteiger partial charge in [-0.2, -0.15) is 4.31 Å². The van der Waals surface area contributed by atoms with E-state index in [9.17, 15) is 8.42 Å². The third kappa shape index (κ3) is 2.95. The van der Waals surface area contributed by atoms with E-state index in [4.69, 9.17) is 0 Å². The van der Waals surface area contributed by atoms with Crippen molar-refractivity contribution >= 4 is 37.3 Å². The van der Waals surface area contributed by atoms with Gasteiger partial charge in [0.1, 0.15) is 4.21 Å². The number of sulfonamides is 1. The molecular formula is C13H15BrN2O2S2. The van der Waals surface area contributed by atoms with Crippen molar-refractivity contribution in [2.45, 2.75) is 24.1 Å².